The normalized spacial score (nSPS) is 18.7. The van der Waals surface area contributed by atoms with Crippen molar-refractivity contribution < 1.29 is 27.4 Å². The molecular formula is C10H15F3O3. The van der Waals surface area contributed by atoms with Gasteiger partial charge in [-0.2, -0.15) is 13.2 Å². The van der Waals surface area contributed by atoms with E-state index in [1.54, 1.807) is 0 Å². The number of carbonyl (C=O) groups is 1. The molecule has 3 nitrogen and oxygen atoms in total. The van der Waals surface area contributed by atoms with Crippen LogP contribution in [0.4, 0.5) is 13.2 Å². The second kappa shape index (κ2) is 6.20. The lowest BCUT2D eigenvalue weighted by molar-refractivity contribution is -0.175. The van der Waals surface area contributed by atoms with Gasteiger partial charge in [-0.15, -0.1) is 0 Å². The molecule has 0 spiro atoms. The van der Waals surface area contributed by atoms with Gasteiger partial charge in [0, 0.05) is 19.6 Å². The first kappa shape index (κ1) is 13.4. The third-order valence-electron chi connectivity index (χ3n) is 2.39. The number of halogens is 3. The van der Waals surface area contributed by atoms with Crippen LogP contribution < -0.4 is 0 Å². The lowest BCUT2D eigenvalue weighted by Gasteiger charge is -2.21. The van der Waals surface area contributed by atoms with Crippen molar-refractivity contribution in [2.45, 2.75) is 25.4 Å². The van der Waals surface area contributed by atoms with E-state index in [1.807, 2.05) is 0 Å². The Bertz CT molecular complexity index is 222. The van der Waals surface area contributed by atoms with E-state index < -0.39 is 19.4 Å². The first-order valence-corrected chi connectivity index (χ1v) is 5.21. The predicted octanol–water partition coefficient (Wildman–Crippen LogP) is 1.95. The number of ketones is 1. The molecule has 1 aliphatic heterocycles. The summed E-state index contributed by atoms with van der Waals surface area (Å²) in [5.41, 5.74) is 0. The van der Waals surface area contributed by atoms with Gasteiger partial charge in [0.15, 0.2) is 5.78 Å². The third kappa shape index (κ3) is 6.07. The Kier molecular flexibility index (Phi) is 5.21. The average Bonchev–Trinajstić information content (AvgIpc) is 2.17. The molecule has 1 heterocycles. The number of carbonyl (C=O) groups excluding carboxylic acids is 1. The van der Waals surface area contributed by atoms with Crippen LogP contribution >= 0.6 is 0 Å². The van der Waals surface area contributed by atoms with E-state index >= 15 is 0 Å². The van der Waals surface area contributed by atoms with Crippen LogP contribution in [0, 0.1) is 5.92 Å². The fraction of sp³-hybridized carbons (Fsp3) is 0.900. The van der Waals surface area contributed by atoms with E-state index in [4.69, 9.17) is 4.74 Å². The first-order chi connectivity index (χ1) is 7.47. The van der Waals surface area contributed by atoms with E-state index in [0.29, 0.717) is 19.6 Å². The molecule has 94 valence electrons. The largest absolute Gasteiger partial charge is 0.411 e. The average molecular weight is 240 g/mol. The van der Waals surface area contributed by atoms with Crippen LogP contribution in [0.3, 0.4) is 0 Å². The number of ether oxygens (including phenoxy) is 2. The zero-order valence-corrected chi connectivity index (χ0v) is 8.89. The van der Waals surface area contributed by atoms with Gasteiger partial charge < -0.3 is 9.47 Å². The zero-order chi connectivity index (χ0) is 12.0. The highest BCUT2D eigenvalue weighted by molar-refractivity contribution is 5.79. The summed E-state index contributed by atoms with van der Waals surface area (Å²) in [5, 5.41) is 0. The third-order valence-corrected chi connectivity index (χ3v) is 2.39. The van der Waals surface area contributed by atoms with Crippen LogP contribution in [0.5, 0.6) is 0 Å². The summed E-state index contributed by atoms with van der Waals surface area (Å²) < 4.78 is 44.5. The van der Waals surface area contributed by atoms with Crippen LogP contribution in [0.15, 0.2) is 0 Å². The van der Waals surface area contributed by atoms with Crippen LogP contribution in [0.1, 0.15) is 19.3 Å². The Morgan fingerprint density at radius 3 is 2.50 bits per heavy atom. The Hall–Kier alpha value is -0.620. The SMILES string of the molecule is O=C(COCC(F)(F)F)CC1CCOCC1. The Morgan fingerprint density at radius 2 is 1.94 bits per heavy atom. The Morgan fingerprint density at radius 1 is 1.31 bits per heavy atom. The molecule has 0 amide bonds. The van der Waals surface area contributed by atoms with E-state index in [9.17, 15) is 18.0 Å². The number of hydrogen-bond donors (Lipinski definition) is 0. The van der Waals surface area contributed by atoms with Crippen molar-refractivity contribution in [2.24, 2.45) is 5.92 Å². The van der Waals surface area contributed by atoms with Gasteiger partial charge >= 0.3 is 6.18 Å². The van der Waals surface area contributed by atoms with Gasteiger partial charge in [-0.1, -0.05) is 0 Å². The summed E-state index contributed by atoms with van der Waals surface area (Å²) in [6.07, 6.45) is -2.48. The maximum absolute atomic E-state index is 11.7. The molecule has 0 saturated carbocycles. The van der Waals surface area contributed by atoms with E-state index in [0.717, 1.165) is 12.8 Å². The van der Waals surface area contributed by atoms with Gasteiger partial charge in [-0.25, -0.2) is 0 Å². The number of Topliss-reactive ketones (excluding diaryl/α,β-unsaturated/α-hetero) is 1. The maximum Gasteiger partial charge on any atom is 0.411 e. The lowest BCUT2D eigenvalue weighted by Crippen LogP contribution is -2.23. The summed E-state index contributed by atoms with van der Waals surface area (Å²) in [6, 6.07) is 0. The Balaban J connectivity index is 2.10. The molecule has 0 aromatic carbocycles. The monoisotopic (exact) mass is 240 g/mol. The molecule has 1 aliphatic rings. The van der Waals surface area contributed by atoms with Crippen LogP contribution in [-0.2, 0) is 14.3 Å². The summed E-state index contributed by atoms with van der Waals surface area (Å²) in [6.45, 7) is -0.550. The molecule has 1 fully saturated rings. The van der Waals surface area contributed by atoms with Crippen molar-refractivity contribution in [3.8, 4) is 0 Å². The predicted molar refractivity (Wildman–Crippen MR) is 50.0 cm³/mol. The quantitative estimate of drug-likeness (QED) is 0.736. The topological polar surface area (TPSA) is 35.5 Å². The van der Waals surface area contributed by atoms with Crippen molar-refractivity contribution in [1.82, 2.24) is 0 Å². The minimum absolute atomic E-state index is 0.232. The van der Waals surface area contributed by atoms with Crippen LogP contribution in [0.25, 0.3) is 0 Å². The van der Waals surface area contributed by atoms with E-state index in [-0.39, 0.29) is 11.7 Å². The lowest BCUT2D eigenvalue weighted by atomic mass is 9.95. The van der Waals surface area contributed by atoms with Gasteiger partial charge in [-0.05, 0) is 18.8 Å². The second-order valence-electron chi connectivity index (χ2n) is 3.91. The van der Waals surface area contributed by atoms with Crippen molar-refractivity contribution in [3.05, 3.63) is 0 Å². The highest BCUT2D eigenvalue weighted by Gasteiger charge is 2.28. The summed E-state index contributed by atoms with van der Waals surface area (Å²) >= 11 is 0. The van der Waals surface area contributed by atoms with Crippen molar-refractivity contribution >= 4 is 5.78 Å². The molecule has 0 aliphatic carbocycles. The number of hydrogen-bond acceptors (Lipinski definition) is 3. The Labute approximate surface area is 91.9 Å². The smallest absolute Gasteiger partial charge is 0.381 e. The fourth-order valence-corrected chi connectivity index (χ4v) is 1.61. The summed E-state index contributed by atoms with van der Waals surface area (Å²) in [4.78, 5) is 11.3. The zero-order valence-electron chi connectivity index (χ0n) is 8.89. The molecule has 1 rings (SSSR count). The first-order valence-electron chi connectivity index (χ1n) is 5.21. The van der Waals surface area contributed by atoms with Crippen molar-refractivity contribution in [2.75, 3.05) is 26.4 Å². The van der Waals surface area contributed by atoms with E-state index in [1.165, 1.54) is 0 Å². The standard InChI is InChI=1S/C10H15F3O3/c11-10(12,13)7-16-6-9(14)5-8-1-3-15-4-2-8/h8H,1-7H2. The molecule has 0 aromatic heterocycles. The van der Waals surface area contributed by atoms with Crippen LogP contribution in [-0.4, -0.2) is 38.4 Å². The maximum atomic E-state index is 11.7. The van der Waals surface area contributed by atoms with Gasteiger partial charge in [0.25, 0.3) is 0 Å². The number of rotatable bonds is 5. The minimum atomic E-state index is -4.36. The molecule has 16 heavy (non-hydrogen) atoms. The molecule has 1 saturated heterocycles. The van der Waals surface area contributed by atoms with Gasteiger partial charge in [-0.3, -0.25) is 4.79 Å². The van der Waals surface area contributed by atoms with Gasteiger partial charge in [0.2, 0.25) is 0 Å². The molecule has 0 radical (unpaired) electrons. The molecule has 0 N–H and O–H groups in total. The molecule has 0 unspecified atom stereocenters. The molecule has 0 atom stereocenters. The molecule has 0 bridgehead atoms. The van der Waals surface area contributed by atoms with Crippen molar-refractivity contribution in [3.63, 3.8) is 0 Å². The van der Waals surface area contributed by atoms with Gasteiger partial charge in [0.1, 0.15) is 13.2 Å². The van der Waals surface area contributed by atoms with Gasteiger partial charge in [0.05, 0.1) is 0 Å². The molecular weight excluding hydrogens is 225 g/mol. The minimum Gasteiger partial charge on any atom is -0.381 e. The fourth-order valence-electron chi connectivity index (χ4n) is 1.61. The summed E-state index contributed by atoms with van der Waals surface area (Å²) in [5.74, 6) is -0.0353. The molecule has 6 heteroatoms. The molecule has 0 aromatic rings. The highest BCUT2D eigenvalue weighted by atomic mass is 19.4. The second-order valence-corrected chi connectivity index (χ2v) is 3.91. The number of alkyl halides is 3. The summed E-state index contributed by atoms with van der Waals surface area (Å²) in [7, 11) is 0. The van der Waals surface area contributed by atoms with Crippen molar-refractivity contribution in [1.29, 1.82) is 0 Å². The van der Waals surface area contributed by atoms with E-state index in [2.05, 4.69) is 4.74 Å². The highest BCUT2D eigenvalue weighted by Crippen LogP contribution is 2.19. The van der Waals surface area contributed by atoms with Crippen LogP contribution in [0.2, 0.25) is 0 Å².